The lowest BCUT2D eigenvalue weighted by atomic mass is 10.0. The van der Waals surface area contributed by atoms with E-state index in [0.29, 0.717) is 12.1 Å². The van der Waals surface area contributed by atoms with E-state index in [1.54, 1.807) is 19.9 Å². The molecule has 6 heteroatoms. The second-order valence-corrected chi connectivity index (χ2v) is 5.08. The molecule has 21 heavy (non-hydrogen) atoms. The first-order chi connectivity index (χ1) is 9.66. The highest BCUT2D eigenvalue weighted by molar-refractivity contribution is 5.67. The minimum atomic E-state index is -4.38. The van der Waals surface area contributed by atoms with Crippen LogP contribution in [-0.2, 0) is 11.0 Å². The van der Waals surface area contributed by atoms with Gasteiger partial charge in [0.2, 0.25) is 0 Å². The Morgan fingerprint density at radius 1 is 1.33 bits per heavy atom. The van der Waals surface area contributed by atoms with Gasteiger partial charge in [0.15, 0.2) is 0 Å². The van der Waals surface area contributed by atoms with Crippen LogP contribution in [0.1, 0.15) is 44.4 Å². The molecule has 0 aromatic heterocycles. The molecular formula is C15H20F3NO2. The summed E-state index contributed by atoms with van der Waals surface area (Å²) in [4.78, 5) is 12.7. The second kappa shape index (κ2) is 6.93. The van der Waals surface area contributed by atoms with Crippen molar-refractivity contribution in [3.8, 4) is 0 Å². The van der Waals surface area contributed by atoms with Crippen LogP contribution < -0.4 is 0 Å². The van der Waals surface area contributed by atoms with E-state index in [-0.39, 0.29) is 18.5 Å². The third kappa shape index (κ3) is 4.74. The predicted octanol–water partition coefficient (Wildman–Crippen LogP) is 3.95. The second-order valence-electron chi connectivity index (χ2n) is 5.08. The largest absolute Gasteiger partial charge is 0.481 e. The minimum absolute atomic E-state index is 0.0445. The van der Waals surface area contributed by atoms with Crippen LogP contribution in [0.2, 0.25) is 0 Å². The summed E-state index contributed by atoms with van der Waals surface area (Å²) in [7, 11) is 0. The molecule has 0 saturated heterocycles. The molecule has 1 N–H and O–H groups in total. The third-order valence-electron chi connectivity index (χ3n) is 3.60. The van der Waals surface area contributed by atoms with Crippen molar-refractivity contribution in [2.24, 2.45) is 0 Å². The maximum atomic E-state index is 12.8. The summed E-state index contributed by atoms with van der Waals surface area (Å²) in [5.41, 5.74) is -0.155. The van der Waals surface area contributed by atoms with Crippen LogP contribution in [0, 0.1) is 0 Å². The Balaban J connectivity index is 3.00. The van der Waals surface area contributed by atoms with Crippen molar-refractivity contribution in [1.82, 2.24) is 4.90 Å². The highest BCUT2D eigenvalue weighted by atomic mass is 19.4. The topological polar surface area (TPSA) is 40.5 Å². The molecule has 0 saturated carbocycles. The number of nitrogens with zero attached hydrogens (tertiary/aromatic N) is 1. The van der Waals surface area contributed by atoms with Gasteiger partial charge in [-0.15, -0.1) is 0 Å². The Labute approximate surface area is 122 Å². The SMILES string of the molecule is CCN(C(C)CC(=O)O)C(C)c1cccc(C(F)(F)F)c1. The first-order valence-electron chi connectivity index (χ1n) is 6.81. The average molecular weight is 303 g/mol. The van der Waals surface area contributed by atoms with E-state index in [1.165, 1.54) is 6.07 Å². The molecule has 0 radical (unpaired) electrons. The van der Waals surface area contributed by atoms with Crippen LogP contribution in [0.25, 0.3) is 0 Å². The number of aliphatic carboxylic acids is 1. The zero-order valence-corrected chi connectivity index (χ0v) is 12.3. The number of hydrogen-bond donors (Lipinski definition) is 1. The van der Waals surface area contributed by atoms with Gasteiger partial charge in [-0.3, -0.25) is 9.69 Å². The molecule has 1 aromatic rings. The first-order valence-corrected chi connectivity index (χ1v) is 6.81. The molecule has 118 valence electrons. The van der Waals surface area contributed by atoms with Crippen LogP contribution in [0.5, 0.6) is 0 Å². The number of halogens is 3. The summed E-state index contributed by atoms with van der Waals surface area (Å²) < 4.78 is 38.3. The number of carboxylic acids is 1. The van der Waals surface area contributed by atoms with Crippen molar-refractivity contribution in [3.63, 3.8) is 0 Å². The lowest BCUT2D eigenvalue weighted by Gasteiger charge is -2.33. The van der Waals surface area contributed by atoms with Crippen molar-refractivity contribution in [3.05, 3.63) is 35.4 Å². The Kier molecular flexibility index (Phi) is 5.78. The van der Waals surface area contributed by atoms with Gasteiger partial charge in [0.05, 0.1) is 12.0 Å². The molecule has 2 unspecified atom stereocenters. The molecule has 1 rings (SSSR count). The van der Waals surface area contributed by atoms with Gasteiger partial charge in [0.1, 0.15) is 0 Å². The van der Waals surface area contributed by atoms with Gasteiger partial charge in [0, 0.05) is 12.1 Å². The van der Waals surface area contributed by atoms with Gasteiger partial charge in [-0.05, 0) is 38.1 Å². The average Bonchev–Trinajstić information content (AvgIpc) is 2.37. The molecule has 0 bridgehead atoms. The number of hydrogen-bond acceptors (Lipinski definition) is 2. The van der Waals surface area contributed by atoms with Crippen molar-refractivity contribution in [2.75, 3.05) is 6.54 Å². The highest BCUT2D eigenvalue weighted by Gasteiger charge is 2.31. The standard InChI is InChI=1S/C15H20F3NO2/c1-4-19(10(2)8-14(20)21)11(3)12-6-5-7-13(9-12)15(16,17)18/h5-7,9-11H,4,8H2,1-3H3,(H,20,21). The molecule has 1 aromatic carbocycles. The maximum Gasteiger partial charge on any atom is 0.416 e. The van der Waals surface area contributed by atoms with Gasteiger partial charge in [-0.2, -0.15) is 13.2 Å². The van der Waals surface area contributed by atoms with Gasteiger partial charge in [0.25, 0.3) is 0 Å². The Morgan fingerprint density at radius 3 is 2.43 bits per heavy atom. The van der Waals surface area contributed by atoms with E-state index >= 15 is 0 Å². The molecule has 0 aliphatic rings. The van der Waals surface area contributed by atoms with Gasteiger partial charge < -0.3 is 5.11 Å². The third-order valence-corrected chi connectivity index (χ3v) is 3.60. The molecule has 0 amide bonds. The highest BCUT2D eigenvalue weighted by Crippen LogP contribution is 2.32. The number of alkyl halides is 3. The van der Waals surface area contributed by atoms with Crippen molar-refractivity contribution in [1.29, 1.82) is 0 Å². The number of benzene rings is 1. The van der Waals surface area contributed by atoms with E-state index < -0.39 is 17.7 Å². The lowest BCUT2D eigenvalue weighted by Crippen LogP contribution is -2.36. The summed E-state index contributed by atoms with van der Waals surface area (Å²) >= 11 is 0. The normalized spacial score (nSPS) is 15.0. The molecule has 0 heterocycles. The van der Waals surface area contributed by atoms with E-state index in [0.717, 1.165) is 12.1 Å². The van der Waals surface area contributed by atoms with Crippen LogP contribution in [0.15, 0.2) is 24.3 Å². The van der Waals surface area contributed by atoms with E-state index in [9.17, 15) is 18.0 Å². The van der Waals surface area contributed by atoms with Crippen molar-refractivity contribution < 1.29 is 23.1 Å². The quantitative estimate of drug-likeness (QED) is 0.865. The van der Waals surface area contributed by atoms with Crippen molar-refractivity contribution >= 4 is 5.97 Å². The fourth-order valence-electron chi connectivity index (χ4n) is 2.50. The van der Waals surface area contributed by atoms with Gasteiger partial charge in [-0.1, -0.05) is 19.1 Å². The monoisotopic (exact) mass is 303 g/mol. The fourth-order valence-corrected chi connectivity index (χ4v) is 2.50. The molecule has 0 spiro atoms. The molecular weight excluding hydrogens is 283 g/mol. The molecule has 2 atom stereocenters. The van der Waals surface area contributed by atoms with E-state index in [2.05, 4.69) is 0 Å². The first kappa shape index (κ1) is 17.5. The zero-order chi connectivity index (χ0) is 16.2. The Hall–Kier alpha value is -1.56. The Morgan fingerprint density at radius 2 is 1.95 bits per heavy atom. The predicted molar refractivity (Wildman–Crippen MR) is 74.0 cm³/mol. The molecule has 0 aliphatic carbocycles. The molecule has 0 fully saturated rings. The van der Waals surface area contributed by atoms with Crippen molar-refractivity contribution in [2.45, 2.75) is 45.5 Å². The summed E-state index contributed by atoms with van der Waals surface area (Å²) in [5, 5.41) is 8.86. The maximum absolute atomic E-state index is 12.8. The van der Waals surface area contributed by atoms with Gasteiger partial charge >= 0.3 is 12.1 Å². The smallest absolute Gasteiger partial charge is 0.416 e. The van der Waals surface area contributed by atoms with Crippen LogP contribution in [-0.4, -0.2) is 28.6 Å². The molecule has 0 aliphatic heterocycles. The van der Waals surface area contributed by atoms with Crippen LogP contribution >= 0.6 is 0 Å². The Bertz CT molecular complexity index is 488. The summed E-state index contributed by atoms with van der Waals surface area (Å²) in [6.45, 7) is 5.98. The van der Waals surface area contributed by atoms with Crippen LogP contribution in [0.3, 0.4) is 0 Å². The van der Waals surface area contributed by atoms with Crippen LogP contribution in [0.4, 0.5) is 13.2 Å². The minimum Gasteiger partial charge on any atom is -0.481 e. The molecule has 3 nitrogen and oxygen atoms in total. The number of carboxylic acid groups (broad SMARTS) is 1. The lowest BCUT2D eigenvalue weighted by molar-refractivity contribution is -0.138. The van der Waals surface area contributed by atoms with Gasteiger partial charge in [-0.25, -0.2) is 0 Å². The number of carbonyl (C=O) groups is 1. The summed E-state index contributed by atoms with van der Waals surface area (Å²) in [5.74, 6) is -0.919. The summed E-state index contributed by atoms with van der Waals surface area (Å²) in [6, 6.07) is 4.64. The summed E-state index contributed by atoms with van der Waals surface area (Å²) in [6.07, 6.45) is -4.42. The van der Waals surface area contributed by atoms with E-state index in [4.69, 9.17) is 5.11 Å². The number of rotatable bonds is 6. The zero-order valence-electron chi connectivity index (χ0n) is 12.3. The fraction of sp³-hybridized carbons (Fsp3) is 0.533. The van der Waals surface area contributed by atoms with E-state index in [1.807, 2.05) is 11.8 Å².